The van der Waals surface area contributed by atoms with Crippen LogP contribution in [-0.2, 0) is 14.9 Å². The standard InChI is InChI=1S/C27H30Cl2N6O3S/c1-26(2,3)18-8-10-22(20(29)14-18)35-24(32-33-34-35)39-15-23(36)31-21-9-7-17(13-19(21)28)11-12-27(4,5)16-38-25(37)30-6/h7-10,13-14H,15-16H2,1-6H3,(H,30,37)(H,31,36). The molecule has 0 atom stereocenters. The highest BCUT2D eigenvalue weighted by Crippen LogP contribution is 2.30. The van der Waals surface area contributed by atoms with Crippen LogP contribution in [0.1, 0.15) is 45.7 Å². The Morgan fingerprint density at radius 3 is 2.46 bits per heavy atom. The lowest BCUT2D eigenvalue weighted by atomic mass is 9.87. The summed E-state index contributed by atoms with van der Waals surface area (Å²) in [5.41, 5.74) is 2.22. The minimum atomic E-state index is -0.558. The number of anilines is 1. The molecule has 2 N–H and O–H groups in total. The highest BCUT2D eigenvalue weighted by Gasteiger charge is 2.19. The molecule has 0 fully saturated rings. The molecule has 12 heteroatoms. The van der Waals surface area contributed by atoms with Crippen molar-refractivity contribution in [1.29, 1.82) is 0 Å². The van der Waals surface area contributed by atoms with Gasteiger partial charge in [0.05, 0.1) is 32.6 Å². The van der Waals surface area contributed by atoms with Crippen LogP contribution >= 0.6 is 35.0 Å². The Morgan fingerprint density at radius 1 is 1.08 bits per heavy atom. The summed E-state index contributed by atoms with van der Waals surface area (Å²) in [5.74, 6) is 5.88. The normalized spacial score (nSPS) is 11.4. The van der Waals surface area contributed by atoms with Crippen molar-refractivity contribution in [3.8, 4) is 17.5 Å². The van der Waals surface area contributed by atoms with Gasteiger partial charge < -0.3 is 15.4 Å². The maximum absolute atomic E-state index is 12.7. The quantitative estimate of drug-likeness (QED) is 0.268. The molecule has 0 radical (unpaired) electrons. The lowest BCUT2D eigenvalue weighted by Gasteiger charge is -2.20. The van der Waals surface area contributed by atoms with Gasteiger partial charge in [0.2, 0.25) is 11.1 Å². The van der Waals surface area contributed by atoms with Crippen LogP contribution in [0.5, 0.6) is 0 Å². The molecular formula is C27H30Cl2N6O3S. The second-order valence-corrected chi connectivity index (χ2v) is 12.0. The predicted octanol–water partition coefficient (Wildman–Crippen LogP) is 5.73. The Morgan fingerprint density at radius 2 is 1.82 bits per heavy atom. The number of thioether (sulfide) groups is 1. The molecule has 0 spiro atoms. The number of carbonyl (C=O) groups excluding carboxylic acids is 2. The number of rotatable bonds is 7. The van der Waals surface area contributed by atoms with Crippen LogP contribution in [0, 0.1) is 17.3 Å². The fourth-order valence-electron chi connectivity index (χ4n) is 3.17. The van der Waals surface area contributed by atoms with Gasteiger partial charge >= 0.3 is 6.09 Å². The molecular weight excluding hydrogens is 559 g/mol. The van der Waals surface area contributed by atoms with Crippen LogP contribution in [0.3, 0.4) is 0 Å². The van der Waals surface area contributed by atoms with Crippen molar-refractivity contribution in [1.82, 2.24) is 25.5 Å². The lowest BCUT2D eigenvalue weighted by molar-refractivity contribution is -0.113. The SMILES string of the molecule is CNC(=O)OCC(C)(C)C#Cc1ccc(NC(=O)CSc2nnnn2-c2ccc(C(C)(C)C)cc2Cl)c(Cl)c1. The van der Waals surface area contributed by atoms with E-state index in [4.69, 9.17) is 27.9 Å². The summed E-state index contributed by atoms with van der Waals surface area (Å²) >= 11 is 14.1. The molecule has 206 valence electrons. The number of amides is 2. The Balaban J connectivity index is 1.62. The molecule has 0 saturated heterocycles. The summed E-state index contributed by atoms with van der Waals surface area (Å²) in [6, 6.07) is 10.8. The molecule has 0 aliphatic heterocycles. The number of nitrogens with zero attached hydrogens (tertiary/aromatic N) is 4. The molecule has 3 aromatic rings. The van der Waals surface area contributed by atoms with E-state index in [0.29, 0.717) is 32.1 Å². The van der Waals surface area contributed by atoms with E-state index < -0.39 is 11.5 Å². The first-order valence-corrected chi connectivity index (χ1v) is 13.7. The van der Waals surface area contributed by atoms with E-state index in [0.717, 1.165) is 5.56 Å². The monoisotopic (exact) mass is 588 g/mol. The molecule has 9 nitrogen and oxygen atoms in total. The fraction of sp³-hybridized carbons (Fsp3) is 0.370. The number of carbonyl (C=O) groups is 2. The molecule has 0 aliphatic rings. The third-order valence-corrected chi connectivity index (χ3v) is 6.91. The van der Waals surface area contributed by atoms with Crippen LogP contribution in [0.25, 0.3) is 5.69 Å². The molecule has 0 bridgehead atoms. The van der Waals surface area contributed by atoms with Crippen molar-refractivity contribution >= 4 is 52.7 Å². The molecule has 0 saturated carbocycles. The van der Waals surface area contributed by atoms with Crippen molar-refractivity contribution < 1.29 is 14.3 Å². The van der Waals surface area contributed by atoms with E-state index in [1.807, 2.05) is 32.0 Å². The van der Waals surface area contributed by atoms with E-state index in [1.54, 1.807) is 18.2 Å². The summed E-state index contributed by atoms with van der Waals surface area (Å²) < 4.78 is 6.60. The van der Waals surface area contributed by atoms with Crippen LogP contribution in [0.4, 0.5) is 10.5 Å². The Hall–Kier alpha value is -3.26. The highest BCUT2D eigenvalue weighted by molar-refractivity contribution is 7.99. The third-order valence-electron chi connectivity index (χ3n) is 5.37. The van der Waals surface area contributed by atoms with E-state index >= 15 is 0 Å². The lowest BCUT2D eigenvalue weighted by Crippen LogP contribution is -2.26. The number of halogens is 2. The molecule has 2 amide bonds. The summed E-state index contributed by atoms with van der Waals surface area (Å²) in [4.78, 5) is 24.0. The minimum absolute atomic E-state index is 0.0511. The zero-order valence-corrected chi connectivity index (χ0v) is 24.9. The molecule has 2 aromatic carbocycles. The number of nitrogens with one attached hydrogen (secondary N) is 2. The number of hydrogen-bond donors (Lipinski definition) is 2. The van der Waals surface area contributed by atoms with E-state index in [1.165, 1.54) is 23.5 Å². The van der Waals surface area contributed by atoms with Crippen molar-refractivity contribution in [2.45, 2.75) is 45.2 Å². The van der Waals surface area contributed by atoms with E-state index in [-0.39, 0.29) is 23.7 Å². The summed E-state index contributed by atoms with van der Waals surface area (Å²) in [5, 5.41) is 18.3. The molecule has 39 heavy (non-hydrogen) atoms. The van der Waals surface area contributed by atoms with Crippen molar-refractivity contribution in [2.24, 2.45) is 5.41 Å². The second kappa shape index (κ2) is 12.7. The Kier molecular flexibility index (Phi) is 9.88. The van der Waals surface area contributed by atoms with Gasteiger partial charge in [0, 0.05) is 12.6 Å². The van der Waals surface area contributed by atoms with Crippen molar-refractivity contribution in [2.75, 3.05) is 24.7 Å². The summed E-state index contributed by atoms with van der Waals surface area (Å²) in [6.07, 6.45) is -0.513. The van der Waals surface area contributed by atoms with Gasteiger partial charge in [-0.2, -0.15) is 4.68 Å². The first kappa shape index (κ1) is 30.3. The van der Waals surface area contributed by atoms with E-state index in [2.05, 4.69) is 58.8 Å². The number of ether oxygens (including phenoxy) is 1. The van der Waals surface area contributed by atoms with Gasteiger partial charge in [-0.25, -0.2) is 4.79 Å². The minimum Gasteiger partial charge on any atom is -0.448 e. The number of tetrazole rings is 1. The average molecular weight is 590 g/mol. The number of hydrogen-bond acceptors (Lipinski definition) is 7. The Labute approximate surface area is 242 Å². The van der Waals surface area contributed by atoms with Gasteiger partial charge in [-0.05, 0) is 65.6 Å². The van der Waals surface area contributed by atoms with Crippen molar-refractivity contribution in [3.05, 3.63) is 57.6 Å². The molecule has 0 unspecified atom stereocenters. The topological polar surface area (TPSA) is 111 Å². The maximum Gasteiger partial charge on any atom is 0.406 e. The highest BCUT2D eigenvalue weighted by atomic mass is 35.5. The van der Waals surface area contributed by atoms with Crippen LogP contribution < -0.4 is 10.6 Å². The first-order valence-electron chi connectivity index (χ1n) is 12.0. The largest absolute Gasteiger partial charge is 0.448 e. The summed E-state index contributed by atoms with van der Waals surface area (Å²) in [7, 11) is 1.49. The second-order valence-electron chi connectivity index (χ2n) is 10.3. The molecule has 1 aromatic heterocycles. The number of benzene rings is 2. The van der Waals surface area contributed by atoms with Gasteiger partial charge in [-0.1, -0.05) is 73.6 Å². The molecule has 3 rings (SSSR count). The Bertz CT molecular complexity index is 1420. The first-order chi connectivity index (χ1) is 18.3. The number of aromatic nitrogens is 4. The van der Waals surface area contributed by atoms with Gasteiger partial charge in [-0.15, -0.1) is 5.10 Å². The number of alkyl carbamates (subject to hydrolysis) is 1. The fourth-order valence-corrected chi connectivity index (χ4v) is 4.34. The maximum atomic E-state index is 12.7. The van der Waals surface area contributed by atoms with Gasteiger partial charge in [0.1, 0.15) is 6.61 Å². The smallest absolute Gasteiger partial charge is 0.406 e. The van der Waals surface area contributed by atoms with Gasteiger partial charge in [0.15, 0.2) is 0 Å². The zero-order chi connectivity index (χ0) is 28.8. The third kappa shape index (κ3) is 8.62. The van der Waals surface area contributed by atoms with Crippen LogP contribution in [-0.4, -0.2) is 51.6 Å². The van der Waals surface area contributed by atoms with Crippen LogP contribution in [0.15, 0.2) is 41.6 Å². The zero-order valence-electron chi connectivity index (χ0n) is 22.6. The predicted molar refractivity (Wildman–Crippen MR) is 155 cm³/mol. The van der Waals surface area contributed by atoms with Crippen LogP contribution in [0.2, 0.25) is 10.0 Å². The van der Waals surface area contributed by atoms with Gasteiger partial charge in [0.25, 0.3) is 0 Å². The average Bonchev–Trinajstić information content (AvgIpc) is 3.34. The summed E-state index contributed by atoms with van der Waals surface area (Å²) in [6.45, 7) is 10.2. The van der Waals surface area contributed by atoms with Crippen molar-refractivity contribution in [3.63, 3.8) is 0 Å². The molecule has 1 heterocycles. The van der Waals surface area contributed by atoms with E-state index in [9.17, 15) is 9.59 Å². The van der Waals surface area contributed by atoms with Gasteiger partial charge in [-0.3, -0.25) is 4.79 Å². The molecule has 0 aliphatic carbocycles.